The first-order valence-corrected chi connectivity index (χ1v) is 10.3. The summed E-state index contributed by atoms with van der Waals surface area (Å²) in [7, 11) is -3.48. The summed E-state index contributed by atoms with van der Waals surface area (Å²) >= 11 is 6.13. The molecule has 1 aliphatic rings. The number of sulfonamides is 1. The third-order valence-electron chi connectivity index (χ3n) is 5.15. The molecule has 0 aliphatic heterocycles. The van der Waals surface area contributed by atoms with Crippen molar-refractivity contribution in [1.82, 2.24) is 4.72 Å². The molecule has 0 atom stereocenters. The van der Waals surface area contributed by atoms with Gasteiger partial charge in [0.1, 0.15) is 0 Å². The van der Waals surface area contributed by atoms with E-state index in [1.165, 1.54) is 0 Å². The van der Waals surface area contributed by atoms with Gasteiger partial charge in [-0.3, -0.25) is 0 Å². The van der Waals surface area contributed by atoms with Crippen molar-refractivity contribution in [2.75, 3.05) is 6.54 Å². The van der Waals surface area contributed by atoms with E-state index >= 15 is 0 Å². The molecule has 1 saturated carbocycles. The Morgan fingerprint density at radius 2 is 1.73 bits per heavy atom. The Hall–Kier alpha value is -1.11. The second kappa shape index (κ2) is 8.72. The van der Waals surface area contributed by atoms with Gasteiger partial charge in [-0.25, -0.2) is 13.1 Å². The molecule has 2 aromatic rings. The minimum atomic E-state index is -3.48. The van der Waals surface area contributed by atoms with Crippen molar-refractivity contribution in [3.63, 3.8) is 0 Å². The van der Waals surface area contributed by atoms with Gasteiger partial charge < -0.3 is 5.73 Å². The molecule has 3 rings (SSSR count). The molecule has 0 bridgehead atoms. The lowest BCUT2D eigenvalue weighted by atomic mass is 9.68. The third-order valence-corrected chi connectivity index (χ3v) is 6.92. The number of benzene rings is 2. The van der Waals surface area contributed by atoms with Gasteiger partial charge in [0, 0.05) is 23.0 Å². The van der Waals surface area contributed by atoms with Crippen LogP contribution < -0.4 is 10.5 Å². The number of nitrogens with two attached hydrogens (primary N) is 1. The Labute approximate surface area is 166 Å². The number of halogens is 2. The summed E-state index contributed by atoms with van der Waals surface area (Å²) in [6.07, 6.45) is 3.20. The van der Waals surface area contributed by atoms with E-state index < -0.39 is 10.0 Å². The normalized spacial score (nSPS) is 23.2. The minimum Gasteiger partial charge on any atom is -0.330 e. The van der Waals surface area contributed by atoms with Crippen LogP contribution >= 0.6 is 24.0 Å². The summed E-state index contributed by atoms with van der Waals surface area (Å²) < 4.78 is 27.8. The maximum atomic E-state index is 12.5. The first-order valence-electron chi connectivity index (χ1n) is 8.49. The van der Waals surface area contributed by atoms with E-state index in [0.717, 1.165) is 31.2 Å². The van der Waals surface area contributed by atoms with Crippen LogP contribution in [0.5, 0.6) is 0 Å². The third kappa shape index (κ3) is 4.59. The molecule has 2 aromatic carbocycles. The van der Waals surface area contributed by atoms with Gasteiger partial charge in [0.2, 0.25) is 10.0 Å². The van der Waals surface area contributed by atoms with Crippen LogP contribution in [0.15, 0.2) is 59.5 Å². The zero-order valence-electron chi connectivity index (χ0n) is 14.4. The average molecular weight is 415 g/mol. The van der Waals surface area contributed by atoms with E-state index in [1.54, 1.807) is 30.3 Å². The van der Waals surface area contributed by atoms with Crippen molar-refractivity contribution < 1.29 is 8.42 Å². The largest absolute Gasteiger partial charge is 0.330 e. The number of rotatable bonds is 5. The molecule has 0 heterocycles. The van der Waals surface area contributed by atoms with Gasteiger partial charge in [0.15, 0.2) is 0 Å². The standard InChI is InChI=1S/C19H23ClN2O2S.ClH/c20-16-6-4-5-15(13-16)19(14-21)11-9-17(10-12-19)22-25(23,24)18-7-2-1-3-8-18;/h1-8,13,17,22H,9-12,14,21H2;1H. The second-order valence-electron chi connectivity index (χ2n) is 6.70. The van der Waals surface area contributed by atoms with E-state index in [9.17, 15) is 8.42 Å². The van der Waals surface area contributed by atoms with Crippen LogP contribution in [0.4, 0.5) is 0 Å². The van der Waals surface area contributed by atoms with Gasteiger partial charge in [-0.05, 0) is 55.5 Å². The lowest BCUT2D eigenvalue weighted by molar-refractivity contribution is 0.267. The molecule has 142 valence electrons. The molecule has 0 aromatic heterocycles. The number of hydrogen-bond acceptors (Lipinski definition) is 3. The Balaban J connectivity index is 0.00000243. The molecule has 1 fully saturated rings. The molecule has 0 unspecified atom stereocenters. The van der Waals surface area contributed by atoms with Crippen LogP contribution in [0.1, 0.15) is 31.2 Å². The van der Waals surface area contributed by atoms with Gasteiger partial charge in [-0.15, -0.1) is 12.4 Å². The van der Waals surface area contributed by atoms with Crippen molar-refractivity contribution in [3.05, 3.63) is 65.2 Å². The van der Waals surface area contributed by atoms with Gasteiger partial charge in [0.05, 0.1) is 4.90 Å². The monoisotopic (exact) mass is 414 g/mol. The summed E-state index contributed by atoms with van der Waals surface area (Å²) in [4.78, 5) is 0.306. The van der Waals surface area contributed by atoms with E-state index in [1.807, 2.05) is 18.2 Å². The molecular weight excluding hydrogens is 391 g/mol. The van der Waals surface area contributed by atoms with E-state index in [2.05, 4.69) is 10.8 Å². The fourth-order valence-electron chi connectivity index (χ4n) is 3.60. The van der Waals surface area contributed by atoms with Gasteiger partial charge in [0.25, 0.3) is 0 Å². The van der Waals surface area contributed by atoms with Gasteiger partial charge in [-0.1, -0.05) is 41.9 Å². The molecule has 4 nitrogen and oxygen atoms in total. The lowest BCUT2D eigenvalue weighted by Gasteiger charge is -2.40. The Kier molecular flexibility index (Phi) is 7.11. The van der Waals surface area contributed by atoms with E-state index in [0.29, 0.717) is 16.5 Å². The summed E-state index contributed by atoms with van der Waals surface area (Å²) in [5.41, 5.74) is 7.12. The summed E-state index contributed by atoms with van der Waals surface area (Å²) in [5.74, 6) is 0. The summed E-state index contributed by atoms with van der Waals surface area (Å²) in [6, 6.07) is 16.3. The maximum Gasteiger partial charge on any atom is 0.240 e. The highest BCUT2D eigenvalue weighted by molar-refractivity contribution is 7.89. The Morgan fingerprint density at radius 3 is 2.31 bits per heavy atom. The van der Waals surface area contributed by atoms with Crippen molar-refractivity contribution in [3.8, 4) is 0 Å². The SMILES string of the molecule is Cl.NCC1(c2cccc(Cl)c2)CCC(NS(=O)(=O)c2ccccc2)CC1. The molecule has 0 radical (unpaired) electrons. The highest BCUT2D eigenvalue weighted by atomic mass is 35.5. The quantitative estimate of drug-likeness (QED) is 0.779. The van der Waals surface area contributed by atoms with Gasteiger partial charge in [-0.2, -0.15) is 0 Å². The average Bonchev–Trinajstić information content (AvgIpc) is 2.63. The smallest absolute Gasteiger partial charge is 0.240 e. The molecule has 0 spiro atoms. The van der Waals surface area contributed by atoms with Crippen LogP contribution in [-0.4, -0.2) is 21.0 Å². The van der Waals surface area contributed by atoms with E-state index in [4.69, 9.17) is 17.3 Å². The Bertz CT molecular complexity index is 820. The van der Waals surface area contributed by atoms with Crippen LogP contribution in [0.25, 0.3) is 0 Å². The summed E-state index contributed by atoms with van der Waals surface area (Å²) in [6.45, 7) is 0.533. The predicted molar refractivity (Wildman–Crippen MR) is 108 cm³/mol. The molecule has 3 N–H and O–H groups in total. The lowest BCUT2D eigenvalue weighted by Crippen LogP contribution is -2.45. The van der Waals surface area contributed by atoms with Crippen molar-refractivity contribution in [2.45, 2.75) is 42.0 Å². The first kappa shape index (κ1) is 21.2. The zero-order valence-corrected chi connectivity index (χ0v) is 16.8. The minimum absolute atomic E-state index is 0. The molecule has 0 amide bonds. The molecule has 7 heteroatoms. The predicted octanol–water partition coefficient (Wildman–Crippen LogP) is 3.88. The second-order valence-corrected chi connectivity index (χ2v) is 8.85. The number of hydrogen-bond donors (Lipinski definition) is 2. The van der Waals surface area contributed by atoms with Crippen LogP contribution in [0.3, 0.4) is 0 Å². The topological polar surface area (TPSA) is 72.2 Å². The highest BCUT2D eigenvalue weighted by Gasteiger charge is 2.37. The fourth-order valence-corrected chi connectivity index (χ4v) is 5.12. The summed E-state index contributed by atoms with van der Waals surface area (Å²) in [5, 5.41) is 0.706. The molecule has 0 saturated heterocycles. The molecular formula is C19H24Cl2N2O2S. The van der Waals surface area contributed by atoms with Crippen molar-refractivity contribution in [1.29, 1.82) is 0 Å². The van der Waals surface area contributed by atoms with Crippen LogP contribution in [0.2, 0.25) is 5.02 Å². The fraction of sp³-hybridized carbons (Fsp3) is 0.368. The van der Waals surface area contributed by atoms with Crippen molar-refractivity contribution in [2.24, 2.45) is 5.73 Å². The van der Waals surface area contributed by atoms with Gasteiger partial charge >= 0.3 is 0 Å². The first-order chi connectivity index (χ1) is 12.0. The van der Waals surface area contributed by atoms with Crippen LogP contribution in [-0.2, 0) is 15.4 Å². The Morgan fingerprint density at radius 1 is 1.08 bits per heavy atom. The van der Waals surface area contributed by atoms with E-state index in [-0.39, 0.29) is 23.9 Å². The van der Waals surface area contributed by atoms with Crippen molar-refractivity contribution >= 4 is 34.0 Å². The van der Waals surface area contributed by atoms with Crippen LogP contribution in [0, 0.1) is 0 Å². The molecule has 1 aliphatic carbocycles. The molecule has 26 heavy (non-hydrogen) atoms. The number of nitrogens with one attached hydrogen (secondary N) is 1. The zero-order chi connectivity index (χ0) is 17.9. The maximum absolute atomic E-state index is 12.5. The highest BCUT2D eigenvalue weighted by Crippen LogP contribution is 2.39.